The molecule has 2 rings (SSSR count). The molecule has 0 aromatic heterocycles. The van der Waals surface area contributed by atoms with Crippen LogP contribution in [0.2, 0.25) is 0 Å². The van der Waals surface area contributed by atoms with Gasteiger partial charge in [-0.1, -0.05) is 11.1 Å². The number of allylic oxidation sites excluding steroid dienone is 1. The first-order chi connectivity index (χ1) is 8.79. The molecule has 7 heteroatoms. The monoisotopic (exact) mass is 307 g/mol. The van der Waals surface area contributed by atoms with Crippen LogP contribution in [0.3, 0.4) is 0 Å². The maximum Gasteiger partial charge on any atom is 0.232 e. The number of sulfonamides is 1. The lowest BCUT2D eigenvalue weighted by atomic mass is 10.1. The van der Waals surface area contributed by atoms with Gasteiger partial charge in [0.05, 0.1) is 13.2 Å². The molecule has 0 aromatic rings. The molecule has 0 radical (unpaired) electrons. The van der Waals surface area contributed by atoms with E-state index >= 15 is 0 Å². The molecule has 0 spiro atoms. The average molecular weight is 307 g/mol. The lowest BCUT2D eigenvalue weighted by Gasteiger charge is -2.38. The van der Waals surface area contributed by atoms with Crippen molar-refractivity contribution in [3.63, 3.8) is 0 Å². The smallest absolute Gasteiger partial charge is 0.232 e. The van der Waals surface area contributed by atoms with Crippen molar-refractivity contribution in [1.29, 1.82) is 0 Å². The zero-order chi connectivity index (χ0) is 14.3. The van der Waals surface area contributed by atoms with E-state index in [1.807, 2.05) is 13.8 Å². The Bertz CT molecular complexity index is 520. The van der Waals surface area contributed by atoms with E-state index < -0.39 is 24.9 Å². The molecule has 1 saturated heterocycles. The molecule has 19 heavy (non-hydrogen) atoms. The normalized spacial score (nSPS) is 34.6. The van der Waals surface area contributed by atoms with E-state index in [1.165, 1.54) is 4.31 Å². The lowest BCUT2D eigenvalue weighted by Crippen LogP contribution is -2.54. The van der Waals surface area contributed by atoms with E-state index in [4.69, 9.17) is 4.74 Å². The minimum absolute atomic E-state index is 0.352. The Morgan fingerprint density at radius 1 is 1.21 bits per heavy atom. The van der Waals surface area contributed by atoms with Gasteiger partial charge in [-0.2, -0.15) is 4.31 Å². The highest BCUT2D eigenvalue weighted by molar-refractivity contribution is 8.06. The first kappa shape index (κ1) is 15.2. The minimum Gasteiger partial charge on any atom is -0.379 e. The molecular weight excluding hydrogens is 286 g/mol. The standard InChI is InChI=1S/C12H21NO4S2/c1-10-8-12(3,18(14)9-11(10)2)19(15,16)13-4-6-17-7-5-13/h4-9H2,1-3H3/t12-,18-/m1/s1. The molecule has 0 N–H and O–H groups in total. The molecule has 0 saturated carbocycles. The van der Waals surface area contributed by atoms with Crippen molar-refractivity contribution in [2.24, 2.45) is 0 Å². The molecular formula is C12H21NO4S2. The van der Waals surface area contributed by atoms with Crippen LogP contribution in [-0.2, 0) is 25.6 Å². The maximum atomic E-state index is 12.8. The zero-order valence-corrected chi connectivity index (χ0v) is 13.3. The van der Waals surface area contributed by atoms with Crippen molar-refractivity contribution < 1.29 is 17.4 Å². The van der Waals surface area contributed by atoms with E-state index in [1.54, 1.807) is 6.92 Å². The van der Waals surface area contributed by atoms with Crippen LogP contribution in [0.25, 0.3) is 0 Å². The third-order valence-electron chi connectivity index (χ3n) is 4.00. The fraction of sp³-hybridized carbons (Fsp3) is 0.833. The molecule has 2 aliphatic rings. The highest BCUT2D eigenvalue weighted by atomic mass is 32.3. The minimum atomic E-state index is -3.57. The Morgan fingerprint density at radius 3 is 2.37 bits per heavy atom. The predicted octanol–water partition coefficient (Wildman–Crippen LogP) is 0.853. The van der Waals surface area contributed by atoms with Crippen LogP contribution >= 0.6 is 0 Å². The summed E-state index contributed by atoms with van der Waals surface area (Å²) < 4.78 is 43.4. The van der Waals surface area contributed by atoms with E-state index in [9.17, 15) is 12.6 Å². The number of nitrogens with zero attached hydrogens (tertiary/aromatic N) is 1. The van der Waals surface area contributed by atoms with Crippen LogP contribution in [0.15, 0.2) is 11.1 Å². The fourth-order valence-electron chi connectivity index (χ4n) is 2.45. The molecule has 0 aromatic carbocycles. The van der Waals surface area contributed by atoms with E-state index in [0.717, 1.165) is 11.1 Å². The average Bonchev–Trinajstić information content (AvgIpc) is 2.37. The second-order valence-corrected chi connectivity index (χ2v) is 9.88. The first-order valence-electron chi connectivity index (χ1n) is 6.40. The van der Waals surface area contributed by atoms with Gasteiger partial charge >= 0.3 is 0 Å². The van der Waals surface area contributed by atoms with Gasteiger partial charge in [0.25, 0.3) is 0 Å². The largest absolute Gasteiger partial charge is 0.379 e. The second kappa shape index (κ2) is 5.27. The van der Waals surface area contributed by atoms with Crippen LogP contribution < -0.4 is 0 Å². The molecule has 0 bridgehead atoms. The third kappa shape index (κ3) is 2.53. The van der Waals surface area contributed by atoms with E-state index in [0.29, 0.717) is 38.5 Å². The molecule has 0 amide bonds. The van der Waals surface area contributed by atoms with Gasteiger partial charge in [0.1, 0.15) is 0 Å². The summed E-state index contributed by atoms with van der Waals surface area (Å²) in [5.41, 5.74) is 2.09. The quantitative estimate of drug-likeness (QED) is 0.710. The molecule has 2 heterocycles. The molecule has 0 unspecified atom stereocenters. The van der Waals surface area contributed by atoms with Gasteiger partial charge in [-0.15, -0.1) is 0 Å². The van der Waals surface area contributed by atoms with Crippen LogP contribution in [0.5, 0.6) is 0 Å². The van der Waals surface area contributed by atoms with Crippen LogP contribution in [0, 0.1) is 0 Å². The predicted molar refractivity (Wildman–Crippen MR) is 75.7 cm³/mol. The summed E-state index contributed by atoms with van der Waals surface area (Å²) in [4.78, 5) is 0. The maximum absolute atomic E-state index is 12.8. The SMILES string of the molecule is CC1=C(C)C[C@@](C)(S(=O)(=O)N2CCOCC2)[S@](=O)C1. The van der Waals surface area contributed by atoms with Gasteiger partial charge in [-0.05, 0) is 20.8 Å². The summed E-state index contributed by atoms with van der Waals surface area (Å²) in [6.45, 7) is 7.01. The van der Waals surface area contributed by atoms with Gasteiger partial charge in [0.15, 0.2) is 4.08 Å². The zero-order valence-electron chi connectivity index (χ0n) is 11.6. The van der Waals surface area contributed by atoms with Gasteiger partial charge in [-0.3, -0.25) is 4.21 Å². The third-order valence-corrected chi connectivity index (χ3v) is 9.27. The molecule has 5 nitrogen and oxygen atoms in total. The summed E-state index contributed by atoms with van der Waals surface area (Å²) >= 11 is 0. The molecule has 2 aliphatic heterocycles. The number of morpholine rings is 1. The van der Waals surface area contributed by atoms with E-state index in [2.05, 4.69) is 0 Å². The van der Waals surface area contributed by atoms with Gasteiger partial charge < -0.3 is 4.74 Å². The van der Waals surface area contributed by atoms with Gasteiger partial charge in [0.2, 0.25) is 10.0 Å². The van der Waals surface area contributed by atoms with Crippen molar-refractivity contribution in [1.82, 2.24) is 4.31 Å². The molecule has 110 valence electrons. The summed E-state index contributed by atoms with van der Waals surface area (Å²) in [6, 6.07) is 0. The summed E-state index contributed by atoms with van der Waals surface area (Å²) in [5, 5.41) is 0. The Hall–Kier alpha value is -0.240. The Balaban J connectivity index is 2.35. The highest BCUT2D eigenvalue weighted by Gasteiger charge is 2.50. The second-order valence-electron chi connectivity index (χ2n) is 5.38. The van der Waals surface area contributed by atoms with Crippen molar-refractivity contribution in [3.05, 3.63) is 11.1 Å². The summed E-state index contributed by atoms with van der Waals surface area (Å²) in [6.07, 6.45) is 0.352. The molecule has 0 aliphatic carbocycles. The number of rotatable bonds is 2. The Morgan fingerprint density at radius 2 is 1.79 bits per heavy atom. The van der Waals surface area contributed by atoms with Crippen LogP contribution in [0.4, 0.5) is 0 Å². The van der Waals surface area contributed by atoms with Crippen molar-refractivity contribution in [3.8, 4) is 0 Å². The topological polar surface area (TPSA) is 63.7 Å². The number of ether oxygens (including phenoxy) is 1. The first-order valence-corrected chi connectivity index (χ1v) is 9.16. The molecule has 2 atom stereocenters. The van der Waals surface area contributed by atoms with Crippen LogP contribution in [-0.4, -0.2) is 53.1 Å². The van der Waals surface area contributed by atoms with Crippen molar-refractivity contribution >= 4 is 20.8 Å². The van der Waals surface area contributed by atoms with E-state index in [-0.39, 0.29) is 0 Å². The Kier molecular flexibility index (Phi) is 4.21. The highest BCUT2D eigenvalue weighted by Crippen LogP contribution is 2.37. The lowest BCUT2D eigenvalue weighted by molar-refractivity contribution is 0.0724. The van der Waals surface area contributed by atoms with Crippen molar-refractivity contribution in [2.45, 2.75) is 31.3 Å². The fourth-order valence-corrected chi connectivity index (χ4v) is 6.78. The van der Waals surface area contributed by atoms with Gasteiger partial charge in [0, 0.05) is 36.1 Å². The summed E-state index contributed by atoms with van der Waals surface area (Å²) in [5.74, 6) is 0.353. The van der Waals surface area contributed by atoms with Crippen LogP contribution in [0.1, 0.15) is 27.2 Å². The van der Waals surface area contributed by atoms with Crippen molar-refractivity contribution in [2.75, 3.05) is 32.1 Å². The number of hydrogen-bond donors (Lipinski definition) is 0. The Labute approximate surface area is 117 Å². The summed E-state index contributed by atoms with van der Waals surface area (Å²) in [7, 11) is -4.96. The van der Waals surface area contributed by atoms with Gasteiger partial charge in [-0.25, -0.2) is 8.42 Å². The number of hydrogen-bond acceptors (Lipinski definition) is 4. The molecule has 1 fully saturated rings.